The van der Waals surface area contributed by atoms with Crippen molar-refractivity contribution in [1.82, 2.24) is 9.62 Å². The van der Waals surface area contributed by atoms with Gasteiger partial charge in [0, 0.05) is 23.8 Å². The minimum absolute atomic E-state index is 0.0520. The van der Waals surface area contributed by atoms with Crippen molar-refractivity contribution in [2.45, 2.75) is 17.7 Å². The van der Waals surface area contributed by atoms with E-state index in [1.807, 2.05) is 0 Å². The van der Waals surface area contributed by atoms with Crippen LogP contribution in [0.5, 0.6) is 5.75 Å². The molecule has 0 unspecified atom stereocenters. The zero-order valence-corrected chi connectivity index (χ0v) is 17.6. The first-order valence-corrected chi connectivity index (χ1v) is 11.2. The van der Waals surface area contributed by atoms with Gasteiger partial charge < -0.3 is 15.7 Å². The number of hydrogen-bond donors (Lipinski definition) is 3. The summed E-state index contributed by atoms with van der Waals surface area (Å²) >= 11 is 5.83. The maximum Gasteiger partial charge on any atom is 0.243 e. The fourth-order valence-electron chi connectivity index (χ4n) is 3.19. The lowest BCUT2D eigenvalue weighted by Gasteiger charge is -2.31. The number of amides is 2. The summed E-state index contributed by atoms with van der Waals surface area (Å²) in [6, 6.07) is 11.8. The van der Waals surface area contributed by atoms with Crippen molar-refractivity contribution in [3.63, 3.8) is 0 Å². The topological polar surface area (TPSA) is 116 Å². The fourth-order valence-corrected chi connectivity index (χ4v) is 4.84. The summed E-state index contributed by atoms with van der Waals surface area (Å²) in [7, 11) is -3.73. The van der Waals surface area contributed by atoms with Gasteiger partial charge in [-0.25, -0.2) is 8.42 Å². The SMILES string of the molecule is O=C(CNC(=O)[C@H]1CCCN(S(=O)(=O)c2ccc(Cl)cc2)C1)Nc1ccc(O)cc1. The van der Waals surface area contributed by atoms with Gasteiger partial charge in [0.15, 0.2) is 0 Å². The van der Waals surface area contributed by atoms with Crippen LogP contribution in [0.2, 0.25) is 5.02 Å². The lowest BCUT2D eigenvalue weighted by atomic mass is 9.99. The summed E-state index contributed by atoms with van der Waals surface area (Å²) in [5.41, 5.74) is 0.491. The largest absolute Gasteiger partial charge is 0.508 e. The third kappa shape index (κ3) is 5.50. The van der Waals surface area contributed by atoms with Gasteiger partial charge in [0.1, 0.15) is 5.75 Å². The van der Waals surface area contributed by atoms with E-state index in [1.54, 1.807) is 0 Å². The number of phenolic OH excluding ortho intramolecular Hbond substituents is 1. The van der Waals surface area contributed by atoms with Crippen LogP contribution in [0.25, 0.3) is 0 Å². The number of benzene rings is 2. The Balaban J connectivity index is 1.55. The Labute approximate surface area is 179 Å². The number of aromatic hydroxyl groups is 1. The first kappa shape index (κ1) is 22.1. The minimum Gasteiger partial charge on any atom is -0.508 e. The molecule has 1 aliphatic rings. The van der Waals surface area contributed by atoms with Crippen LogP contribution in [0.15, 0.2) is 53.4 Å². The number of carbonyl (C=O) groups is 2. The second kappa shape index (κ2) is 9.46. The Morgan fingerprint density at radius 3 is 2.43 bits per heavy atom. The van der Waals surface area contributed by atoms with Gasteiger partial charge in [-0.15, -0.1) is 0 Å². The number of sulfonamides is 1. The van der Waals surface area contributed by atoms with Crippen LogP contribution < -0.4 is 10.6 Å². The van der Waals surface area contributed by atoms with Crippen molar-refractivity contribution in [3.05, 3.63) is 53.6 Å². The van der Waals surface area contributed by atoms with Crippen molar-refractivity contribution in [3.8, 4) is 5.75 Å². The summed E-state index contributed by atoms with van der Waals surface area (Å²) in [6.07, 6.45) is 1.09. The van der Waals surface area contributed by atoms with Gasteiger partial charge in [-0.2, -0.15) is 4.31 Å². The quantitative estimate of drug-likeness (QED) is 0.582. The van der Waals surface area contributed by atoms with Crippen LogP contribution >= 0.6 is 11.6 Å². The molecule has 2 aromatic rings. The van der Waals surface area contributed by atoms with Crippen molar-refractivity contribution in [2.75, 3.05) is 25.0 Å². The predicted molar refractivity (Wildman–Crippen MR) is 113 cm³/mol. The van der Waals surface area contributed by atoms with Crippen molar-refractivity contribution in [2.24, 2.45) is 5.92 Å². The molecule has 0 aliphatic carbocycles. The molecular weight excluding hydrogens is 430 g/mol. The number of nitrogens with one attached hydrogen (secondary N) is 2. The van der Waals surface area contributed by atoms with Gasteiger partial charge in [0.05, 0.1) is 17.4 Å². The summed E-state index contributed by atoms with van der Waals surface area (Å²) < 4.78 is 27.0. The molecule has 1 atom stereocenters. The molecule has 160 valence electrons. The Hall–Kier alpha value is -2.62. The molecule has 0 aromatic heterocycles. The molecule has 30 heavy (non-hydrogen) atoms. The highest BCUT2D eigenvalue weighted by molar-refractivity contribution is 7.89. The standard InChI is InChI=1S/C20H22ClN3O5S/c21-15-3-9-18(10-4-15)30(28,29)24-11-1-2-14(13-24)20(27)22-12-19(26)23-16-5-7-17(25)8-6-16/h3-10,14,25H,1-2,11-13H2,(H,22,27)(H,23,26)/t14-/m0/s1. The van der Waals surface area contributed by atoms with E-state index in [0.717, 1.165) is 0 Å². The summed E-state index contributed by atoms with van der Waals surface area (Å²) in [5, 5.41) is 14.9. The van der Waals surface area contributed by atoms with E-state index in [4.69, 9.17) is 11.6 Å². The number of nitrogens with zero attached hydrogens (tertiary/aromatic N) is 1. The third-order valence-corrected chi connectivity index (χ3v) is 6.91. The van der Waals surface area contributed by atoms with Gasteiger partial charge in [0.2, 0.25) is 21.8 Å². The summed E-state index contributed by atoms with van der Waals surface area (Å²) in [5.74, 6) is -1.25. The van der Waals surface area contributed by atoms with Gasteiger partial charge in [0.25, 0.3) is 0 Å². The van der Waals surface area contributed by atoms with Crippen molar-refractivity contribution >= 4 is 39.1 Å². The molecule has 0 radical (unpaired) electrons. The summed E-state index contributed by atoms with van der Waals surface area (Å²) in [4.78, 5) is 24.6. The van der Waals surface area contributed by atoms with Gasteiger partial charge in [-0.3, -0.25) is 9.59 Å². The highest BCUT2D eigenvalue weighted by atomic mass is 35.5. The molecule has 2 aromatic carbocycles. The Kier molecular flexibility index (Phi) is 6.96. The van der Waals surface area contributed by atoms with Crippen LogP contribution in [0.1, 0.15) is 12.8 Å². The zero-order valence-electron chi connectivity index (χ0n) is 16.0. The Morgan fingerprint density at radius 2 is 1.77 bits per heavy atom. The lowest BCUT2D eigenvalue weighted by molar-refractivity contribution is -0.128. The first-order chi connectivity index (χ1) is 14.3. The van der Waals surface area contributed by atoms with Gasteiger partial charge in [-0.1, -0.05) is 11.6 Å². The number of halogens is 1. The molecule has 3 rings (SSSR count). The number of carbonyl (C=O) groups excluding carboxylic acids is 2. The van der Waals surface area contributed by atoms with Crippen LogP contribution in [-0.4, -0.2) is 49.3 Å². The van der Waals surface area contributed by atoms with E-state index in [9.17, 15) is 23.1 Å². The molecule has 10 heteroatoms. The molecule has 2 amide bonds. The number of piperidine rings is 1. The van der Waals surface area contributed by atoms with Crippen LogP contribution in [0.4, 0.5) is 5.69 Å². The van der Waals surface area contributed by atoms with Gasteiger partial charge >= 0.3 is 0 Å². The predicted octanol–water partition coefficient (Wildman–Crippen LogP) is 2.20. The second-order valence-electron chi connectivity index (χ2n) is 6.97. The van der Waals surface area contributed by atoms with E-state index < -0.39 is 21.8 Å². The van der Waals surface area contributed by atoms with E-state index in [2.05, 4.69) is 10.6 Å². The average molecular weight is 452 g/mol. The molecule has 0 bridgehead atoms. The normalized spacial score (nSPS) is 17.3. The number of rotatable bonds is 6. The zero-order chi connectivity index (χ0) is 21.7. The molecule has 0 spiro atoms. The van der Waals surface area contributed by atoms with Crippen molar-refractivity contribution in [1.29, 1.82) is 0 Å². The monoisotopic (exact) mass is 451 g/mol. The minimum atomic E-state index is -3.73. The van der Waals surface area contributed by atoms with E-state index in [0.29, 0.717) is 30.1 Å². The van der Waals surface area contributed by atoms with Crippen LogP contribution in [0.3, 0.4) is 0 Å². The Morgan fingerprint density at radius 1 is 1.10 bits per heavy atom. The molecule has 1 heterocycles. The Bertz CT molecular complexity index is 1010. The molecule has 3 N–H and O–H groups in total. The maximum atomic E-state index is 12.8. The average Bonchev–Trinajstić information content (AvgIpc) is 2.74. The molecule has 1 fully saturated rings. The number of anilines is 1. The third-order valence-electron chi connectivity index (χ3n) is 4.78. The fraction of sp³-hybridized carbons (Fsp3) is 0.300. The molecule has 8 nitrogen and oxygen atoms in total. The molecule has 1 aliphatic heterocycles. The molecular formula is C20H22ClN3O5S. The molecule has 0 saturated carbocycles. The lowest BCUT2D eigenvalue weighted by Crippen LogP contribution is -2.46. The van der Waals surface area contributed by atoms with E-state index in [-0.39, 0.29) is 29.6 Å². The van der Waals surface area contributed by atoms with E-state index >= 15 is 0 Å². The number of phenols is 1. The van der Waals surface area contributed by atoms with Crippen LogP contribution in [0, 0.1) is 5.92 Å². The van der Waals surface area contributed by atoms with Gasteiger partial charge in [-0.05, 0) is 61.4 Å². The van der Waals surface area contributed by atoms with Crippen LogP contribution in [-0.2, 0) is 19.6 Å². The van der Waals surface area contributed by atoms with E-state index in [1.165, 1.54) is 52.8 Å². The highest BCUT2D eigenvalue weighted by Crippen LogP contribution is 2.25. The number of hydrogen-bond acceptors (Lipinski definition) is 5. The maximum absolute atomic E-state index is 12.8. The smallest absolute Gasteiger partial charge is 0.243 e. The highest BCUT2D eigenvalue weighted by Gasteiger charge is 2.33. The van der Waals surface area contributed by atoms with Crippen molar-refractivity contribution < 1.29 is 23.1 Å². The first-order valence-electron chi connectivity index (χ1n) is 9.38. The summed E-state index contributed by atoms with van der Waals surface area (Å²) in [6.45, 7) is 0.145. The second-order valence-corrected chi connectivity index (χ2v) is 9.34. The molecule has 1 saturated heterocycles.